The minimum absolute atomic E-state index is 0.156. The molecular formula is C14H13ClN2O3. The highest BCUT2D eigenvalue weighted by atomic mass is 35.5. The van der Waals surface area contributed by atoms with E-state index in [2.05, 4.69) is 5.32 Å². The van der Waals surface area contributed by atoms with Gasteiger partial charge in [-0.15, -0.1) is 0 Å². The van der Waals surface area contributed by atoms with Gasteiger partial charge in [-0.2, -0.15) is 0 Å². The molecule has 0 aliphatic carbocycles. The molecule has 0 saturated heterocycles. The third-order valence-electron chi connectivity index (χ3n) is 2.62. The fourth-order valence-electron chi connectivity index (χ4n) is 1.77. The molecule has 0 radical (unpaired) electrons. The summed E-state index contributed by atoms with van der Waals surface area (Å²) in [5.41, 5.74) is 0.873. The van der Waals surface area contributed by atoms with E-state index in [4.69, 9.17) is 16.3 Å². The number of nitrogens with zero attached hydrogens (tertiary/aromatic N) is 1. The lowest BCUT2D eigenvalue weighted by atomic mass is 10.2. The number of nitro benzene ring substituents is 1. The van der Waals surface area contributed by atoms with Crippen molar-refractivity contribution in [3.05, 3.63) is 63.2 Å². The zero-order valence-electron chi connectivity index (χ0n) is 10.8. The molecule has 0 aliphatic heterocycles. The zero-order chi connectivity index (χ0) is 14.5. The highest BCUT2D eigenvalue weighted by Gasteiger charge is 2.16. The van der Waals surface area contributed by atoms with E-state index in [0.717, 1.165) is 5.56 Å². The van der Waals surface area contributed by atoms with E-state index in [0.29, 0.717) is 17.3 Å². The molecule has 0 unspecified atom stereocenters. The first-order valence-corrected chi connectivity index (χ1v) is 6.33. The van der Waals surface area contributed by atoms with E-state index < -0.39 is 4.92 Å². The molecule has 1 N–H and O–H groups in total. The molecule has 0 saturated carbocycles. The highest BCUT2D eigenvalue weighted by molar-refractivity contribution is 6.30. The van der Waals surface area contributed by atoms with E-state index in [1.165, 1.54) is 12.1 Å². The van der Waals surface area contributed by atoms with Gasteiger partial charge in [-0.3, -0.25) is 10.1 Å². The standard InChI is InChI=1S/C14H13ClN2O3/c1-16-9-10-3-2-4-12(7-10)20-14-6-5-11(15)8-13(14)17(18)19/h2-8,16H,9H2,1H3. The van der Waals surface area contributed by atoms with E-state index in [1.54, 1.807) is 12.1 Å². The summed E-state index contributed by atoms with van der Waals surface area (Å²) in [5.74, 6) is 0.712. The Morgan fingerprint density at radius 1 is 1.30 bits per heavy atom. The van der Waals surface area contributed by atoms with Crippen molar-refractivity contribution in [2.45, 2.75) is 6.54 Å². The fourth-order valence-corrected chi connectivity index (χ4v) is 1.94. The van der Waals surface area contributed by atoms with Crippen LogP contribution in [0.25, 0.3) is 0 Å². The summed E-state index contributed by atoms with van der Waals surface area (Å²) in [6.07, 6.45) is 0. The van der Waals surface area contributed by atoms with Gasteiger partial charge in [-0.05, 0) is 36.9 Å². The molecule has 0 aromatic heterocycles. The molecule has 5 nitrogen and oxygen atoms in total. The smallest absolute Gasteiger partial charge is 0.313 e. The molecule has 104 valence electrons. The molecule has 0 spiro atoms. The molecule has 2 aromatic carbocycles. The van der Waals surface area contributed by atoms with Crippen molar-refractivity contribution in [1.82, 2.24) is 5.32 Å². The van der Waals surface area contributed by atoms with Crippen LogP contribution in [0.1, 0.15) is 5.56 Å². The van der Waals surface area contributed by atoms with E-state index in [9.17, 15) is 10.1 Å². The zero-order valence-corrected chi connectivity index (χ0v) is 11.6. The normalized spacial score (nSPS) is 10.3. The van der Waals surface area contributed by atoms with Crippen molar-refractivity contribution >= 4 is 17.3 Å². The monoisotopic (exact) mass is 292 g/mol. The van der Waals surface area contributed by atoms with Crippen molar-refractivity contribution < 1.29 is 9.66 Å². The second-order valence-electron chi connectivity index (χ2n) is 4.15. The third kappa shape index (κ3) is 3.46. The van der Waals surface area contributed by atoms with Gasteiger partial charge >= 0.3 is 5.69 Å². The largest absolute Gasteiger partial charge is 0.450 e. The summed E-state index contributed by atoms with van der Waals surface area (Å²) in [6, 6.07) is 11.7. The van der Waals surface area contributed by atoms with Crippen LogP contribution >= 0.6 is 11.6 Å². The van der Waals surface area contributed by atoms with Crippen LogP contribution in [-0.4, -0.2) is 12.0 Å². The van der Waals surface area contributed by atoms with Gasteiger partial charge in [-0.25, -0.2) is 0 Å². The Morgan fingerprint density at radius 2 is 2.10 bits per heavy atom. The third-order valence-corrected chi connectivity index (χ3v) is 2.86. The molecule has 0 amide bonds. The van der Waals surface area contributed by atoms with Gasteiger partial charge in [0.1, 0.15) is 5.75 Å². The van der Waals surface area contributed by atoms with Gasteiger partial charge < -0.3 is 10.1 Å². The molecule has 6 heteroatoms. The maximum atomic E-state index is 11.0. The van der Waals surface area contributed by atoms with Gasteiger partial charge in [-0.1, -0.05) is 23.7 Å². The van der Waals surface area contributed by atoms with E-state index >= 15 is 0 Å². The lowest BCUT2D eigenvalue weighted by Gasteiger charge is -2.08. The predicted octanol–water partition coefficient (Wildman–Crippen LogP) is 3.76. The average molecular weight is 293 g/mol. The minimum Gasteiger partial charge on any atom is -0.450 e. The Balaban J connectivity index is 2.30. The first-order chi connectivity index (χ1) is 9.60. The summed E-state index contributed by atoms with van der Waals surface area (Å²) in [4.78, 5) is 10.5. The van der Waals surface area contributed by atoms with Crippen LogP contribution in [0.2, 0.25) is 5.02 Å². The van der Waals surface area contributed by atoms with Crippen LogP contribution < -0.4 is 10.1 Å². The quantitative estimate of drug-likeness (QED) is 0.673. The lowest BCUT2D eigenvalue weighted by Crippen LogP contribution is -2.04. The fraction of sp³-hybridized carbons (Fsp3) is 0.143. The van der Waals surface area contributed by atoms with Crippen molar-refractivity contribution in [1.29, 1.82) is 0 Å². The van der Waals surface area contributed by atoms with Crippen LogP contribution in [0, 0.1) is 10.1 Å². The molecule has 2 rings (SSSR count). The summed E-state index contributed by atoms with van der Waals surface area (Å²) in [5, 5.41) is 14.3. The number of nitrogens with one attached hydrogen (secondary N) is 1. The van der Waals surface area contributed by atoms with Crippen molar-refractivity contribution in [2.24, 2.45) is 0 Å². The van der Waals surface area contributed by atoms with Crippen LogP contribution in [0.4, 0.5) is 5.69 Å². The second kappa shape index (κ2) is 6.36. The van der Waals surface area contributed by atoms with Gasteiger partial charge in [0.05, 0.1) is 4.92 Å². The van der Waals surface area contributed by atoms with Gasteiger partial charge in [0.15, 0.2) is 0 Å². The molecule has 0 fully saturated rings. The molecule has 20 heavy (non-hydrogen) atoms. The van der Waals surface area contributed by atoms with Crippen LogP contribution in [-0.2, 0) is 6.54 Å². The minimum atomic E-state index is -0.515. The topological polar surface area (TPSA) is 64.4 Å². The maximum Gasteiger partial charge on any atom is 0.313 e. The number of halogens is 1. The number of benzene rings is 2. The van der Waals surface area contributed by atoms with Crippen molar-refractivity contribution in [3.8, 4) is 11.5 Å². The second-order valence-corrected chi connectivity index (χ2v) is 4.59. The first-order valence-electron chi connectivity index (χ1n) is 5.95. The number of rotatable bonds is 5. The van der Waals surface area contributed by atoms with Crippen molar-refractivity contribution in [2.75, 3.05) is 7.05 Å². The lowest BCUT2D eigenvalue weighted by molar-refractivity contribution is -0.385. The maximum absolute atomic E-state index is 11.0. The van der Waals surface area contributed by atoms with E-state index in [-0.39, 0.29) is 11.4 Å². The number of hydrogen-bond acceptors (Lipinski definition) is 4. The summed E-state index contributed by atoms with van der Waals surface area (Å²) in [7, 11) is 1.84. The summed E-state index contributed by atoms with van der Waals surface area (Å²) < 4.78 is 5.58. The highest BCUT2D eigenvalue weighted by Crippen LogP contribution is 2.33. The van der Waals surface area contributed by atoms with Gasteiger partial charge in [0.2, 0.25) is 5.75 Å². The SMILES string of the molecule is CNCc1cccc(Oc2ccc(Cl)cc2[N+](=O)[O-])c1. The molecule has 0 aliphatic rings. The summed E-state index contributed by atoms with van der Waals surface area (Å²) >= 11 is 5.76. The first kappa shape index (κ1) is 14.3. The average Bonchev–Trinajstić information content (AvgIpc) is 2.41. The molecule has 2 aromatic rings. The van der Waals surface area contributed by atoms with Crippen molar-refractivity contribution in [3.63, 3.8) is 0 Å². The Labute approximate surface area is 121 Å². The number of ether oxygens (including phenoxy) is 1. The molecule has 0 heterocycles. The van der Waals surface area contributed by atoms with Gasteiger partial charge in [0, 0.05) is 17.6 Å². The van der Waals surface area contributed by atoms with Crippen LogP contribution in [0.15, 0.2) is 42.5 Å². The summed E-state index contributed by atoms with van der Waals surface area (Å²) in [6.45, 7) is 0.694. The van der Waals surface area contributed by atoms with Gasteiger partial charge in [0.25, 0.3) is 0 Å². The molecule has 0 bridgehead atoms. The Hall–Kier alpha value is -2.11. The Bertz CT molecular complexity index is 632. The van der Waals surface area contributed by atoms with E-state index in [1.807, 2.05) is 25.2 Å². The number of hydrogen-bond donors (Lipinski definition) is 1. The number of nitro groups is 1. The van der Waals surface area contributed by atoms with Crippen LogP contribution in [0.3, 0.4) is 0 Å². The molecular weight excluding hydrogens is 280 g/mol. The predicted molar refractivity (Wildman–Crippen MR) is 77.4 cm³/mol. The van der Waals surface area contributed by atoms with Crippen LogP contribution in [0.5, 0.6) is 11.5 Å². The Morgan fingerprint density at radius 3 is 2.80 bits per heavy atom. The molecule has 0 atom stereocenters. The Kier molecular flexibility index (Phi) is 4.55.